The number of ether oxygens (including phenoxy) is 2. The van der Waals surface area contributed by atoms with Crippen molar-refractivity contribution in [3.05, 3.63) is 48.3 Å². The van der Waals surface area contributed by atoms with Crippen molar-refractivity contribution in [1.82, 2.24) is 10.3 Å². The summed E-state index contributed by atoms with van der Waals surface area (Å²) in [5.74, 6) is 0.575. The van der Waals surface area contributed by atoms with Gasteiger partial charge in [-0.15, -0.1) is 0 Å². The number of sulfonamides is 1. The number of anilines is 1. The number of aromatic nitrogens is 1. The Kier molecular flexibility index (Phi) is 6.40. The molecule has 0 unspecified atom stereocenters. The number of benzene rings is 1. The van der Waals surface area contributed by atoms with Crippen molar-refractivity contribution in [2.24, 2.45) is 0 Å². The largest absolute Gasteiger partial charge is 0.497 e. The lowest BCUT2D eigenvalue weighted by Gasteiger charge is -2.24. The van der Waals surface area contributed by atoms with Gasteiger partial charge < -0.3 is 14.8 Å². The smallest absolute Gasteiger partial charge is 0.252 e. The van der Waals surface area contributed by atoms with Crippen molar-refractivity contribution < 1.29 is 22.7 Å². The van der Waals surface area contributed by atoms with E-state index >= 15 is 0 Å². The lowest BCUT2D eigenvalue weighted by atomic mass is 10.2. The topological polar surface area (TPSA) is 97.8 Å². The van der Waals surface area contributed by atoms with E-state index in [2.05, 4.69) is 10.3 Å². The number of carbonyl (C=O) groups is 1. The molecule has 8 nitrogen and oxygen atoms in total. The first kappa shape index (κ1) is 19.5. The summed E-state index contributed by atoms with van der Waals surface area (Å²) in [6.07, 6.45) is 4.11. The Morgan fingerprint density at radius 1 is 1.23 bits per heavy atom. The average Bonchev–Trinajstić information content (AvgIpc) is 2.64. The van der Waals surface area contributed by atoms with Crippen molar-refractivity contribution in [3.63, 3.8) is 0 Å². The minimum atomic E-state index is -3.58. The fourth-order valence-corrected chi connectivity index (χ4v) is 3.26. The maximum Gasteiger partial charge on any atom is 0.252 e. The first-order valence-electron chi connectivity index (χ1n) is 7.74. The third kappa shape index (κ3) is 4.85. The number of hydrogen-bond acceptors (Lipinski definition) is 6. The zero-order valence-electron chi connectivity index (χ0n) is 14.8. The third-order valence-corrected chi connectivity index (χ3v) is 4.76. The van der Waals surface area contributed by atoms with Gasteiger partial charge in [-0.1, -0.05) is 0 Å². The molecule has 0 atom stereocenters. The van der Waals surface area contributed by atoms with Crippen molar-refractivity contribution >= 4 is 21.6 Å². The fraction of sp³-hybridized carbons (Fsp3) is 0.294. The van der Waals surface area contributed by atoms with Crippen molar-refractivity contribution in [1.29, 1.82) is 0 Å². The quantitative estimate of drug-likeness (QED) is 0.742. The van der Waals surface area contributed by atoms with Gasteiger partial charge in [0.15, 0.2) is 0 Å². The van der Waals surface area contributed by atoms with E-state index in [4.69, 9.17) is 9.47 Å². The first-order chi connectivity index (χ1) is 12.4. The van der Waals surface area contributed by atoms with Gasteiger partial charge in [0.05, 0.1) is 38.3 Å². The molecular weight excluding hydrogens is 358 g/mol. The molecule has 1 aromatic carbocycles. The van der Waals surface area contributed by atoms with Crippen LogP contribution in [0.2, 0.25) is 0 Å². The molecule has 0 bridgehead atoms. The van der Waals surface area contributed by atoms with E-state index in [1.807, 2.05) is 0 Å². The Morgan fingerprint density at radius 2 is 2.00 bits per heavy atom. The fourth-order valence-electron chi connectivity index (χ4n) is 2.33. The van der Waals surface area contributed by atoms with E-state index in [1.165, 1.54) is 24.7 Å². The number of pyridine rings is 1. The van der Waals surface area contributed by atoms with Crippen LogP contribution in [0.4, 0.5) is 5.69 Å². The molecule has 1 aromatic heterocycles. The second-order valence-electron chi connectivity index (χ2n) is 5.37. The summed E-state index contributed by atoms with van der Waals surface area (Å²) in [6.45, 7) is 0.170. The molecule has 9 heteroatoms. The Bertz CT molecular complexity index is 856. The lowest BCUT2D eigenvalue weighted by Crippen LogP contribution is -2.38. The number of carbonyl (C=O) groups excluding carboxylic acids is 1. The molecule has 0 aliphatic rings. The zero-order chi connectivity index (χ0) is 19.2. The Labute approximate surface area is 152 Å². The van der Waals surface area contributed by atoms with Crippen molar-refractivity contribution in [3.8, 4) is 11.5 Å². The van der Waals surface area contributed by atoms with Gasteiger partial charge in [0.1, 0.15) is 11.5 Å². The van der Waals surface area contributed by atoms with Gasteiger partial charge in [-0.25, -0.2) is 8.42 Å². The number of methoxy groups -OCH3 is 2. The van der Waals surface area contributed by atoms with Crippen LogP contribution in [0.5, 0.6) is 11.5 Å². The molecule has 0 aliphatic carbocycles. The molecule has 0 fully saturated rings. The highest BCUT2D eigenvalue weighted by molar-refractivity contribution is 7.92. The van der Waals surface area contributed by atoms with Gasteiger partial charge >= 0.3 is 0 Å². The molecular formula is C17H21N3O5S. The second-order valence-corrected chi connectivity index (χ2v) is 7.28. The Morgan fingerprint density at radius 3 is 2.58 bits per heavy atom. The van der Waals surface area contributed by atoms with Crippen LogP contribution in [0.15, 0.2) is 42.7 Å². The summed E-state index contributed by atoms with van der Waals surface area (Å²) >= 11 is 0. The number of nitrogens with zero attached hydrogens (tertiary/aromatic N) is 2. The number of rotatable bonds is 8. The molecule has 0 saturated heterocycles. The summed E-state index contributed by atoms with van der Waals surface area (Å²) < 4.78 is 36.0. The highest BCUT2D eigenvalue weighted by Gasteiger charge is 2.21. The molecule has 0 saturated carbocycles. The van der Waals surface area contributed by atoms with Gasteiger partial charge in [-0.3, -0.25) is 14.1 Å². The van der Waals surface area contributed by atoms with Crippen molar-refractivity contribution in [2.75, 3.05) is 37.9 Å². The van der Waals surface area contributed by atoms with E-state index < -0.39 is 10.0 Å². The number of nitrogens with one attached hydrogen (secondary N) is 1. The number of hydrogen-bond donors (Lipinski definition) is 1. The second kappa shape index (κ2) is 8.52. The van der Waals surface area contributed by atoms with Crippen LogP contribution in [0.1, 0.15) is 10.4 Å². The first-order valence-corrected chi connectivity index (χ1v) is 9.59. The molecule has 0 aliphatic heterocycles. The SMILES string of the molecule is COc1ccc(N(CCNC(=O)c2cccnc2)S(C)(=O)=O)c(OC)c1. The van der Waals surface area contributed by atoms with E-state index in [9.17, 15) is 13.2 Å². The van der Waals surface area contributed by atoms with E-state index in [1.54, 1.807) is 36.5 Å². The number of amides is 1. The van der Waals surface area contributed by atoms with Crippen LogP contribution >= 0.6 is 0 Å². The minimum Gasteiger partial charge on any atom is -0.497 e. The summed E-state index contributed by atoms with van der Waals surface area (Å²) in [4.78, 5) is 15.9. The standard InChI is InChI=1S/C17H21N3O5S/c1-24-14-6-7-15(16(11-14)25-2)20(26(3,22)23)10-9-19-17(21)13-5-4-8-18-12-13/h4-8,11-12H,9-10H2,1-3H3,(H,19,21). The molecule has 0 spiro atoms. The molecule has 1 N–H and O–H groups in total. The maximum absolute atomic E-state index is 12.2. The zero-order valence-corrected chi connectivity index (χ0v) is 15.6. The Balaban J connectivity index is 2.15. The van der Waals surface area contributed by atoms with Crippen LogP contribution < -0.4 is 19.1 Å². The van der Waals surface area contributed by atoms with Crippen LogP contribution in [0.25, 0.3) is 0 Å². The maximum atomic E-state index is 12.2. The molecule has 2 aromatic rings. The van der Waals surface area contributed by atoms with Gasteiger partial charge in [-0.2, -0.15) is 0 Å². The highest BCUT2D eigenvalue weighted by Crippen LogP contribution is 2.33. The predicted molar refractivity (Wildman–Crippen MR) is 98.3 cm³/mol. The summed E-state index contributed by atoms with van der Waals surface area (Å²) in [7, 11) is -0.626. The van der Waals surface area contributed by atoms with Crippen molar-refractivity contribution in [2.45, 2.75) is 0 Å². The monoisotopic (exact) mass is 379 g/mol. The molecule has 0 radical (unpaired) electrons. The van der Waals surface area contributed by atoms with Crippen LogP contribution in [-0.2, 0) is 10.0 Å². The lowest BCUT2D eigenvalue weighted by molar-refractivity contribution is 0.0954. The minimum absolute atomic E-state index is 0.0491. The van der Waals surface area contributed by atoms with Gasteiger partial charge in [0.25, 0.3) is 5.91 Å². The van der Waals surface area contributed by atoms with E-state index in [-0.39, 0.29) is 19.0 Å². The van der Waals surface area contributed by atoms with Crippen LogP contribution in [0, 0.1) is 0 Å². The van der Waals surface area contributed by atoms with Gasteiger partial charge in [-0.05, 0) is 24.3 Å². The molecule has 1 amide bonds. The predicted octanol–water partition coefficient (Wildman–Crippen LogP) is 1.29. The van der Waals surface area contributed by atoms with E-state index in [0.717, 1.165) is 6.26 Å². The van der Waals surface area contributed by atoms with E-state index in [0.29, 0.717) is 22.7 Å². The average molecular weight is 379 g/mol. The molecule has 140 valence electrons. The van der Waals surface area contributed by atoms with Crippen LogP contribution in [-0.4, -0.2) is 52.9 Å². The molecule has 26 heavy (non-hydrogen) atoms. The van der Waals surface area contributed by atoms with Gasteiger partial charge in [0, 0.05) is 25.0 Å². The third-order valence-electron chi connectivity index (χ3n) is 3.58. The molecule has 2 rings (SSSR count). The summed E-state index contributed by atoms with van der Waals surface area (Å²) in [6, 6.07) is 8.12. The van der Waals surface area contributed by atoms with Gasteiger partial charge in [0.2, 0.25) is 10.0 Å². The normalized spacial score (nSPS) is 10.9. The summed E-state index contributed by atoms with van der Waals surface area (Å²) in [5, 5.41) is 2.68. The summed E-state index contributed by atoms with van der Waals surface area (Å²) in [5.41, 5.74) is 0.770. The molecule has 1 heterocycles. The van der Waals surface area contributed by atoms with Crippen LogP contribution in [0.3, 0.4) is 0 Å². The Hall–Kier alpha value is -2.81. The highest BCUT2D eigenvalue weighted by atomic mass is 32.2.